The first-order chi connectivity index (χ1) is 19.6. The van der Waals surface area contributed by atoms with Crippen LogP contribution in [-0.2, 0) is 26.2 Å². The van der Waals surface area contributed by atoms with E-state index in [2.05, 4.69) is 5.32 Å². The number of carbonyl (C=O) groups excluding carboxylic acids is 2. The molecule has 0 spiro atoms. The fourth-order valence-electron chi connectivity index (χ4n) is 4.82. The summed E-state index contributed by atoms with van der Waals surface area (Å²) >= 11 is 12.7. The Balaban J connectivity index is 1.70. The lowest BCUT2D eigenvalue weighted by molar-refractivity contribution is -0.139. The van der Waals surface area contributed by atoms with Gasteiger partial charge in [-0.05, 0) is 61.7 Å². The Labute approximate surface area is 251 Å². The monoisotopic (exact) mass is 617 g/mol. The molecule has 0 radical (unpaired) electrons. The zero-order valence-electron chi connectivity index (χ0n) is 22.9. The van der Waals surface area contributed by atoms with E-state index < -0.39 is 28.5 Å². The average molecular weight is 619 g/mol. The maximum Gasteiger partial charge on any atom is 0.264 e. The highest BCUT2D eigenvalue weighted by Gasteiger charge is 2.34. The van der Waals surface area contributed by atoms with Crippen molar-refractivity contribution in [1.82, 2.24) is 10.2 Å². The Morgan fingerprint density at radius 1 is 0.976 bits per heavy atom. The SMILES string of the molecule is COc1ccc(CN(C(=O)CN(c2cccc(Cl)c2Cl)S(=O)(=O)c2ccccc2)[C@@H](C)C(=O)NC2CCCC2)cc1. The third kappa shape index (κ3) is 7.33. The zero-order valence-corrected chi connectivity index (χ0v) is 25.3. The van der Waals surface area contributed by atoms with Gasteiger partial charge in [-0.25, -0.2) is 8.42 Å². The summed E-state index contributed by atoms with van der Waals surface area (Å²) in [7, 11) is -2.68. The van der Waals surface area contributed by atoms with Crippen molar-refractivity contribution in [1.29, 1.82) is 0 Å². The van der Waals surface area contributed by atoms with Crippen LogP contribution in [0.25, 0.3) is 0 Å². The number of hydrogen-bond donors (Lipinski definition) is 1. The third-order valence-electron chi connectivity index (χ3n) is 7.19. The van der Waals surface area contributed by atoms with Gasteiger partial charge < -0.3 is 15.0 Å². The largest absolute Gasteiger partial charge is 0.497 e. The summed E-state index contributed by atoms with van der Waals surface area (Å²) < 4.78 is 33.9. The standard InChI is InChI=1S/C30H33Cl2N3O5S/c1-21(30(37)33-23-9-6-7-10-23)34(19-22-15-17-24(40-2)18-16-22)28(36)20-35(27-14-8-13-26(31)29(27)32)41(38,39)25-11-4-3-5-12-25/h3-5,8,11-18,21,23H,6-7,9-10,19-20H2,1-2H3,(H,33,37)/t21-/m0/s1. The van der Waals surface area contributed by atoms with E-state index in [0.29, 0.717) is 5.75 Å². The average Bonchev–Trinajstić information content (AvgIpc) is 3.49. The van der Waals surface area contributed by atoms with Crippen molar-refractivity contribution in [3.63, 3.8) is 0 Å². The van der Waals surface area contributed by atoms with Gasteiger partial charge in [-0.15, -0.1) is 0 Å². The number of carbonyl (C=O) groups is 2. The number of hydrogen-bond acceptors (Lipinski definition) is 5. The molecule has 3 aromatic carbocycles. The number of methoxy groups -OCH3 is 1. The van der Waals surface area contributed by atoms with Crippen molar-refractivity contribution >= 4 is 50.7 Å². The van der Waals surface area contributed by atoms with Crippen LogP contribution in [0.15, 0.2) is 77.7 Å². The number of halogens is 2. The van der Waals surface area contributed by atoms with Gasteiger partial charge >= 0.3 is 0 Å². The Bertz CT molecular complexity index is 1460. The second-order valence-electron chi connectivity index (χ2n) is 9.93. The summed E-state index contributed by atoms with van der Waals surface area (Å²) in [6.45, 7) is 1.12. The minimum Gasteiger partial charge on any atom is -0.497 e. The lowest BCUT2D eigenvalue weighted by atomic mass is 10.1. The zero-order chi connectivity index (χ0) is 29.6. The van der Waals surface area contributed by atoms with Gasteiger partial charge in [-0.2, -0.15) is 0 Å². The smallest absolute Gasteiger partial charge is 0.264 e. The van der Waals surface area contributed by atoms with E-state index >= 15 is 0 Å². The molecule has 0 aliphatic heterocycles. The predicted octanol–water partition coefficient (Wildman–Crippen LogP) is 5.67. The van der Waals surface area contributed by atoms with Crippen LogP contribution in [0.5, 0.6) is 5.75 Å². The maximum atomic E-state index is 14.1. The molecule has 1 saturated carbocycles. The summed E-state index contributed by atoms with van der Waals surface area (Å²) in [5.41, 5.74) is 0.807. The first-order valence-corrected chi connectivity index (χ1v) is 15.6. The minimum atomic E-state index is -4.24. The number of anilines is 1. The quantitative estimate of drug-likeness (QED) is 0.299. The van der Waals surface area contributed by atoms with Crippen LogP contribution in [0.4, 0.5) is 5.69 Å². The van der Waals surface area contributed by atoms with Gasteiger partial charge in [0.05, 0.1) is 27.7 Å². The predicted molar refractivity (Wildman–Crippen MR) is 161 cm³/mol. The van der Waals surface area contributed by atoms with Gasteiger partial charge in [0.1, 0.15) is 18.3 Å². The van der Waals surface area contributed by atoms with Crippen molar-refractivity contribution in [3.05, 3.63) is 88.4 Å². The molecule has 1 aliphatic carbocycles. The van der Waals surface area contributed by atoms with Gasteiger partial charge in [0.2, 0.25) is 11.8 Å². The van der Waals surface area contributed by atoms with Gasteiger partial charge in [-0.3, -0.25) is 13.9 Å². The molecule has 3 aromatic rings. The van der Waals surface area contributed by atoms with Crippen LogP contribution >= 0.6 is 23.2 Å². The van der Waals surface area contributed by atoms with Crippen molar-refractivity contribution in [2.45, 2.75) is 56.1 Å². The van der Waals surface area contributed by atoms with Crippen molar-refractivity contribution in [2.24, 2.45) is 0 Å². The molecule has 1 aliphatic rings. The maximum absolute atomic E-state index is 14.1. The van der Waals surface area contributed by atoms with E-state index in [1.54, 1.807) is 62.6 Å². The molecular formula is C30H33Cl2N3O5S. The first-order valence-electron chi connectivity index (χ1n) is 13.4. The van der Waals surface area contributed by atoms with Gasteiger partial charge in [0, 0.05) is 12.6 Å². The molecule has 1 N–H and O–H groups in total. The Morgan fingerprint density at radius 2 is 1.63 bits per heavy atom. The highest BCUT2D eigenvalue weighted by molar-refractivity contribution is 7.92. The van der Waals surface area contributed by atoms with E-state index in [1.165, 1.54) is 29.2 Å². The number of amides is 2. The highest BCUT2D eigenvalue weighted by Crippen LogP contribution is 2.35. The Kier molecular flexibility index (Phi) is 10.2. The van der Waals surface area contributed by atoms with E-state index in [0.717, 1.165) is 35.6 Å². The molecule has 8 nitrogen and oxygen atoms in total. The molecule has 4 rings (SSSR count). The van der Waals surface area contributed by atoms with Crippen LogP contribution in [0.2, 0.25) is 10.0 Å². The number of nitrogens with one attached hydrogen (secondary N) is 1. The lowest BCUT2D eigenvalue weighted by Gasteiger charge is -2.32. The fraction of sp³-hybridized carbons (Fsp3) is 0.333. The topological polar surface area (TPSA) is 96.0 Å². The summed E-state index contributed by atoms with van der Waals surface area (Å²) in [5.74, 6) is -0.225. The van der Waals surface area contributed by atoms with Gasteiger partial charge in [0.25, 0.3) is 10.0 Å². The molecule has 41 heavy (non-hydrogen) atoms. The second-order valence-corrected chi connectivity index (χ2v) is 12.6. The molecule has 0 unspecified atom stereocenters. The Morgan fingerprint density at radius 3 is 2.27 bits per heavy atom. The molecule has 1 fully saturated rings. The molecule has 0 aromatic heterocycles. The molecule has 0 heterocycles. The molecular weight excluding hydrogens is 585 g/mol. The number of rotatable bonds is 11. The van der Waals surface area contributed by atoms with Crippen LogP contribution in [0, 0.1) is 0 Å². The van der Waals surface area contributed by atoms with E-state index in [1.807, 2.05) is 0 Å². The first kappa shape index (κ1) is 30.7. The van der Waals surface area contributed by atoms with Crippen molar-refractivity contribution in [2.75, 3.05) is 18.0 Å². The number of ether oxygens (including phenoxy) is 1. The van der Waals surface area contributed by atoms with E-state index in [9.17, 15) is 18.0 Å². The number of sulfonamides is 1. The molecule has 1 atom stereocenters. The van der Waals surface area contributed by atoms with Crippen LogP contribution in [-0.4, -0.2) is 50.9 Å². The summed E-state index contributed by atoms with van der Waals surface area (Å²) in [6.07, 6.45) is 3.86. The van der Waals surface area contributed by atoms with Crippen LogP contribution < -0.4 is 14.4 Å². The van der Waals surface area contributed by atoms with Crippen LogP contribution in [0.3, 0.4) is 0 Å². The van der Waals surface area contributed by atoms with Gasteiger partial charge in [0.15, 0.2) is 0 Å². The molecule has 0 bridgehead atoms. The van der Waals surface area contributed by atoms with Crippen molar-refractivity contribution in [3.8, 4) is 5.75 Å². The molecule has 218 valence electrons. The number of nitrogens with zero attached hydrogens (tertiary/aromatic N) is 2. The molecule has 0 saturated heterocycles. The van der Waals surface area contributed by atoms with E-state index in [4.69, 9.17) is 27.9 Å². The Hall–Kier alpha value is -3.27. The van der Waals surface area contributed by atoms with Gasteiger partial charge in [-0.1, -0.05) is 72.4 Å². The second kappa shape index (κ2) is 13.6. The summed E-state index contributed by atoms with van der Waals surface area (Å²) in [6, 6.07) is 18.7. The minimum absolute atomic E-state index is 0.00444. The normalized spacial score (nSPS) is 14.3. The van der Waals surface area contributed by atoms with Crippen molar-refractivity contribution < 1.29 is 22.7 Å². The van der Waals surface area contributed by atoms with E-state index in [-0.39, 0.29) is 39.1 Å². The lowest BCUT2D eigenvalue weighted by Crippen LogP contribution is -2.52. The summed E-state index contributed by atoms with van der Waals surface area (Å²) in [4.78, 5) is 28.7. The van der Waals surface area contributed by atoms with Crippen LogP contribution in [0.1, 0.15) is 38.2 Å². The fourth-order valence-corrected chi connectivity index (χ4v) is 6.71. The molecule has 2 amide bonds. The number of benzene rings is 3. The summed E-state index contributed by atoms with van der Waals surface area (Å²) in [5, 5.41) is 3.19. The third-order valence-corrected chi connectivity index (χ3v) is 9.77. The molecule has 11 heteroatoms. The highest BCUT2D eigenvalue weighted by atomic mass is 35.5.